The molecule has 0 unspecified atom stereocenters. The number of nitrogens with one attached hydrogen (secondary N) is 2. The van der Waals surface area contributed by atoms with E-state index < -0.39 is 0 Å². The van der Waals surface area contributed by atoms with E-state index in [0.29, 0.717) is 11.6 Å². The van der Waals surface area contributed by atoms with E-state index in [9.17, 15) is 4.79 Å². The van der Waals surface area contributed by atoms with Crippen molar-refractivity contribution in [3.05, 3.63) is 42.2 Å². The lowest BCUT2D eigenvalue weighted by Crippen LogP contribution is -2.42. The molecule has 0 fully saturated rings. The lowest BCUT2D eigenvalue weighted by Gasteiger charge is -2.27. The molecule has 0 saturated carbocycles. The van der Waals surface area contributed by atoms with E-state index in [4.69, 9.17) is 0 Å². The van der Waals surface area contributed by atoms with Crippen molar-refractivity contribution in [1.29, 1.82) is 0 Å². The molecule has 0 aliphatic carbocycles. The Labute approximate surface area is 129 Å². The van der Waals surface area contributed by atoms with Crippen molar-refractivity contribution in [1.82, 2.24) is 9.97 Å². The first kappa shape index (κ1) is 14.3. The summed E-state index contributed by atoms with van der Waals surface area (Å²) < 4.78 is 0. The van der Waals surface area contributed by atoms with E-state index >= 15 is 0 Å². The van der Waals surface area contributed by atoms with Crippen molar-refractivity contribution in [3.8, 4) is 0 Å². The van der Waals surface area contributed by atoms with Gasteiger partial charge in [-0.05, 0) is 44.5 Å². The lowest BCUT2D eigenvalue weighted by molar-refractivity contribution is 0.255. The van der Waals surface area contributed by atoms with Crippen molar-refractivity contribution >= 4 is 23.4 Å². The minimum atomic E-state index is -0.214. The maximum Gasteiger partial charge on any atom is 0.328 e. The Hall–Kier alpha value is -2.63. The summed E-state index contributed by atoms with van der Waals surface area (Å²) in [7, 11) is 0. The summed E-state index contributed by atoms with van der Waals surface area (Å²) in [6.07, 6.45) is 2.50. The fraction of sp³-hybridized carbons (Fsp3) is 0.312. The van der Waals surface area contributed by atoms with Crippen molar-refractivity contribution in [3.63, 3.8) is 0 Å². The molecule has 22 heavy (non-hydrogen) atoms. The predicted octanol–water partition coefficient (Wildman–Crippen LogP) is 3.03. The summed E-state index contributed by atoms with van der Waals surface area (Å²) in [6.45, 7) is 4.76. The van der Waals surface area contributed by atoms with Crippen molar-refractivity contribution in [2.24, 2.45) is 0 Å². The predicted molar refractivity (Wildman–Crippen MR) is 87.3 cm³/mol. The Morgan fingerprint density at radius 1 is 1.36 bits per heavy atom. The van der Waals surface area contributed by atoms with Gasteiger partial charge >= 0.3 is 6.03 Å². The number of aromatic nitrogens is 2. The Kier molecular flexibility index (Phi) is 3.91. The number of pyridine rings is 2. The molecular weight excluding hydrogens is 278 g/mol. The molecule has 3 rings (SSSR count). The highest BCUT2D eigenvalue weighted by Crippen LogP contribution is 2.29. The van der Waals surface area contributed by atoms with Gasteiger partial charge < -0.3 is 5.32 Å². The third-order valence-electron chi connectivity index (χ3n) is 3.68. The molecule has 2 aromatic rings. The molecule has 0 aromatic carbocycles. The SMILES string of the molecule is Cc1ccc2c(n1)N(C(=O)Nc1ccccn1)[C@H](C)CCN2. The molecule has 0 saturated heterocycles. The number of hydrogen-bond donors (Lipinski definition) is 2. The number of nitrogens with zero attached hydrogens (tertiary/aromatic N) is 3. The van der Waals surface area contributed by atoms with Crippen LogP contribution in [0.5, 0.6) is 0 Å². The largest absolute Gasteiger partial charge is 0.382 e. The number of fused-ring (bicyclic) bond motifs is 1. The number of amides is 2. The normalized spacial score (nSPS) is 17.2. The van der Waals surface area contributed by atoms with Crippen LogP contribution in [0.1, 0.15) is 19.0 Å². The molecule has 2 aromatic heterocycles. The van der Waals surface area contributed by atoms with E-state index in [1.54, 1.807) is 17.2 Å². The first-order valence-corrected chi connectivity index (χ1v) is 7.38. The van der Waals surface area contributed by atoms with E-state index in [0.717, 1.165) is 24.3 Å². The highest BCUT2D eigenvalue weighted by atomic mass is 16.2. The van der Waals surface area contributed by atoms with E-state index in [-0.39, 0.29) is 12.1 Å². The van der Waals surface area contributed by atoms with Crippen LogP contribution in [-0.4, -0.2) is 28.6 Å². The van der Waals surface area contributed by atoms with E-state index in [1.165, 1.54) is 0 Å². The van der Waals surface area contributed by atoms with Crippen LogP contribution in [0.4, 0.5) is 22.1 Å². The molecule has 114 valence electrons. The molecule has 6 nitrogen and oxygen atoms in total. The molecule has 0 spiro atoms. The van der Waals surface area contributed by atoms with Crippen LogP contribution in [-0.2, 0) is 0 Å². The van der Waals surface area contributed by atoms with Crippen LogP contribution < -0.4 is 15.5 Å². The van der Waals surface area contributed by atoms with Crippen LogP contribution in [0.25, 0.3) is 0 Å². The van der Waals surface area contributed by atoms with Crippen molar-refractivity contribution < 1.29 is 4.79 Å². The fourth-order valence-electron chi connectivity index (χ4n) is 2.52. The van der Waals surface area contributed by atoms with Crippen LogP contribution in [0, 0.1) is 6.92 Å². The maximum absolute atomic E-state index is 12.7. The zero-order chi connectivity index (χ0) is 15.5. The zero-order valence-electron chi connectivity index (χ0n) is 12.7. The van der Waals surface area contributed by atoms with Gasteiger partial charge in [0.1, 0.15) is 5.82 Å². The Morgan fingerprint density at radius 2 is 2.23 bits per heavy atom. The number of rotatable bonds is 1. The molecule has 2 amide bonds. The van der Waals surface area contributed by atoms with Crippen molar-refractivity contribution in [2.75, 3.05) is 22.1 Å². The maximum atomic E-state index is 12.7. The topological polar surface area (TPSA) is 70.2 Å². The summed E-state index contributed by atoms with van der Waals surface area (Å²) in [5, 5.41) is 6.17. The molecule has 0 bridgehead atoms. The Balaban J connectivity index is 1.93. The average molecular weight is 297 g/mol. The van der Waals surface area contributed by atoms with E-state index in [2.05, 4.69) is 20.6 Å². The van der Waals surface area contributed by atoms with Gasteiger partial charge in [0.25, 0.3) is 0 Å². The van der Waals surface area contributed by atoms with Crippen molar-refractivity contribution in [2.45, 2.75) is 26.3 Å². The summed E-state index contributed by atoms with van der Waals surface area (Å²) in [6, 6.07) is 9.16. The first-order valence-electron chi connectivity index (χ1n) is 7.38. The third-order valence-corrected chi connectivity index (χ3v) is 3.68. The van der Waals surface area contributed by atoms with Gasteiger partial charge in [0.05, 0.1) is 5.69 Å². The number of hydrogen-bond acceptors (Lipinski definition) is 4. The molecule has 0 radical (unpaired) electrons. The van der Waals surface area contributed by atoms with Crippen LogP contribution in [0.15, 0.2) is 36.5 Å². The second kappa shape index (κ2) is 6.01. The second-order valence-corrected chi connectivity index (χ2v) is 5.40. The Bertz CT molecular complexity index is 673. The average Bonchev–Trinajstić information content (AvgIpc) is 2.66. The Morgan fingerprint density at radius 3 is 3.00 bits per heavy atom. The zero-order valence-corrected chi connectivity index (χ0v) is 12.7. The summed E-state index contributed by atoms with van der Waals surface area (Å²) >= 11 is 0. The number of carbonyl (C=O) groups is 1. The van der Waals surface area contributed by atoms with Crippen LogP contribution in [0.3, 0.4) is 0 Å². The van der Waals surface area contributed by atoms with Gasteiger partial charge in [-0.1, -0.05) is 6.07 Å². The third kappa shape index (κ3) is 2.86. The smallest absolute Gasteiger partial charge is 0.328 e. The minimum absolute atomic E-state index is 0.0479. The summed E-state index contributed by atoms with van der Waals surface area (Å²) in [4.78, 5) is 23.1. The number of anilines is 3. The molecule has 3 heterocycles. The quantitative estimate of drug-likeness (QED) is 0.849. The van der Waals surface area contributed by atoms with Gasteiger partial charge in [-0.15, -0.1) is 0 Å². The van der Waals surface area contributed by atoms with Gasteiger partial charge in [0, 0.05) is 24.5 Å². The standard InChI is InChI=1S/C16H19N5O/c1-11-6-7-13-15(19-11)21(12(2)8-10-17-13)16(22)20-14-5-3-4-9-18-14/h3-7,9,12,17H,8,10H2,1-2H3,(H,18,20,22)/t12-/m1/s1. The van der Waals surface area contributed by atoms with Gasteiger partial charge in [0.15, 0.2) is 5.82 Å². The van der Waals surface area contributed by atoms with Crippen LogP contribution >= 0.6 is 0 Å². The lowest BCUT2D eigenvalue weighted by atomic mass is 10.2. The molecular formula is C16H19N5O. The second-order valence-electron chi connectivity index (χ2n) is 5.40. The molecule has 6 heteroatoms. The van der Waals surface area contributed by atoms with Gasteiger partial charge in [-0.2, -0.15) is 0 Å². The monoisotopic (exact) mass is 297 g/mol. The highest BCUT2D eigenvalue weighted by molar-refractivity contribution is 6.03. The minimum Gasteiger partial charge on any atom is -0.382 e. The summed E-state index contributed by atoms with van der Waals surface area (Å²) in [5.41, 5.74) is 1.76. The fourth-order valence-corrected chi connectivity index (χ4v) is 2.52. The molecule has 1 atom stereocenters. The van der Waals surface area contributed by atoms with Crippen LogP contribution in [0.2, 0.25) is 0 Å². The number of aryl methyl sites for hydroxylation is 1. The molecule has 1 aliphatic rings. The van der Waals surface area contributed by atoms with Gasteiger partial charge in [0.2, 0.25) is 0 Å². The van der Waals surface area contributed by atoms with E-state index in [1.807, 2.05) is 38.1 Å². The highest BCUT2D eigenvalue weighted by Gasteiger charge is 2.28. The molecule has 1 aliphatic heterocycles. The van der Waals surface area contributed by atoms with Gasteiger partial charge in [-0.3, -0.25) is 10.2 Å². The number of urea groups is 1. The number of carbonyl (C=O) groups excluding carboxylic acids is 1. The summed E-state index contributed by atoms with van der Waals surface area (Å²) in [5.74, 6) is 1.20. The van der Waals surface area contributed by atoms with Gasteiger partial charge in [-0.25, -0.2) is 14.8 Å². The molecule has 2 N–H and O–H groups in total. The first-order chi connectivity index (χ1) is 10.6.